The second-order valence-corrected chi connectivity index (χ2v) is 4.25. The van der Waals surface area contributed by atoms with E-state index in [0.29, 0.717) is 12.1 Å². The lowest BCUT2D eigenvalue weighted by Crippen LogP contribution is -2.27. The first-order valence-corrected chi connectivity index (χ1v) is 6.16. The third-order valence-corrected chi connectivity index (χ3v) is 3.01. The van der Waals surface area contributed by atoms with Crippen molar-refractivity contribution in [2.24, 2.45) is 0 Å². The third kappa shape index (κ3) is 2.35. The Kier molecular flexibility index (Phi) is 3.02. The predicted octanol–water partition coefficient (Wildman–Crippen LogP) is 1.57. The summed E-state index contributed by atoms with van der Waals surface area (Å²) in [6.45, 7) is 1.31. The number of fused-ring (bicyclic) bond motifs is 1. The molecular weight excluding hydrogens is 240 g/mol. The molecule has 0 radical (unpaired) electrons. The summed E-state index contributed by atoms with van der Waals surface area (Å²) < 4.78 is 3.86. The molecule has 5 heteroatoms. The Morgan fingerprint density at radius 3 is 2.84 bits per heavy atom. The van der Waals surface area contributed by atoms with Crippen molar-refractivity contribution in [1.29, 1.82) is 0 Å². The van der Waals surface area contributed by atoms with E-state index >= 15 is 0 Å². The predicted molar refractivity (Wildman–Crippen MR) is 72.0 cm³/mol. The number of hydrogen-bond acceptors (Lipinski definition) is 2. The van der Waals surface area contributed by atoms with Crippen molar-refractivity contribution < 1.29 is 4.79 Å². The third-order valence-electron chi connectivity index (χ3n) is 3.01. The SMILES string of the molecule is O=C(NCCn1ccn2nccc12)c1ccccc1. The van der Waals surface area contributed by atoms with Crippen LogP contribution in [0.4, 0.5) is 0 Å². The van der Waals surface area contributed by atoms with Crippen molar-refractivity contribution >= 4 is 11.6 Å². The highest BCUT2D eigenvalue weighted by molar-refractivity contribution is 5.94. The molecule has 3 rings (SSSR count). The summed E-state index contributed by atoms with van der Waals surface area (Å²) in [5.41, 5.74) is 1.71. The van der Waals surface area contributed by atoms with Crippen molar-refractivity contribution in [2.45, 2.75) is 6.54 Å². The first-order chi connectivity index (χ1) is 9.34. The lowest BCUT2D eigenvalue weighted by atomic mass is 10.2. The van der Waals surface area contributed by atoms with E-state index in [1.807, 2.05) is 36.7 Å². The first-order valence-electron chi connectivity index (χ1n) is 6.16. The number of nitrogens with zero attached hydrogens (tertiary/aromatic N) is 3. The molecule has 2 heterocycles. The molecule has 0 saturated heterocycles. The molecule has 0 atom stereocenters. The summed E-state index contributed by atoms with van der Waals surface area (Å²) in [6.07, 6.45) is 5.61. The number of carbonyl (C=O) groups is 1. The van der Waals surface area contributed by atoms with Gasteiger partial charge in [0.05, 0.1) is 6.20 Å². The maximum absolute atomic E-state index is 11.8. The maximum atomic E-state index is 11.8. The van der Waals surface area contributed by atoms with Crippen LogP contribution < -0.4 is 5.32 Å². The summed E-state index contributed by atoms with van der Waals surface area (Å²) in [5, 5.41) is 7.04. The normalized spacial score (nSPS) is 10.7. The molecule has 3 aromatic rings. The average molecular weight is 254 g/mol. The summed E-state index contributed by atoms with van der Waals surface area (Å²) >= 11 is 0. The lowest BCUT2D eigenvalue weighted by Gasteiger charge is -2.06. The van der Waals surface area contributed by atoms with Gasteiger partial charge >= 0.3 is 0 Å². The van der Waals surface area contributed by atoms with Crippen molar-refractivity contribution in [3.8, 4) is 0 Å². The minimum Gasteiger partial charge on any atom is -0.350 e. The number of amides is 1. The van der Waals surface area contributed by atoms with Gasteiger partial charge in [0.2, 0.25) is 0 Å². The molecule has 0 saturated carbocycles. The average Bonchev–Trinajstić information content (AvgIpc) is 3.04. The molecule has 0 unspecified atom stereocenters. The first kappa shape index (κ1) is 11.5. The summed E-state index contributed by atoms with van der Waals surface area (Å²) in [6, 6.07) is 11.2. The largest absolute Gasteiger partial charge is 0.350 e. The zero-order valence-corrected chi connectivity index (χ0v) is 10.4. The Balaban J connectivity index is 1.59. The molecule has 1 N–H and O–H groups in total. The van der Waals surface area contributed by atoms with Crippen LogP contribution in [0.5, 0.6) is 0 Å². The van der Waals surface area contributed by atoms with E-state index in [-0.39, 0.29) is 5.91 Å². The number of benzene rings is 1. The molecule has 1 aromatic carbocycles. The molecular formula is C14H14N4O. The Morgan fingerprint density at radius 2 is 2.00 bits per heavy atom. The molecule has 96 valence electrons. The quantitative estimate of drug-likeness (QED) is 0.768. The van der Waals surface area contributed by atoms with Crippen molar-refractivity contribution in [2.75, 3.05) is 6.54 Å². The van der Waals surface area contributed by atoms with Gasteiger partial charge in [0, 0.05) is 37.1 Å². The highest BCUT2D eigenvalue weighted by Crippen LogP contribution is 2.03. The van der Waals surface area contributed by atoms with Gasteiger partial charge in [-0.05, 0) is 12.1 Å². The molecule has 0 bridgehead atoms. The van der Waals surface area contributed by atoms with Crippen molar-refractivity contribution in [3.05, 3.63) is 60.6 Å². The lowest BCUT2D eigenvalue weighted by molar-refractivity contribution is 0.0952. The van der Waals surface area contributed by atoms with Crippen LogP contribution in [-0.4, -0.2) is 26.6 Å². The van der Waals surface area contributed by atoms with Crippen molar-refractivity contribution in [3.63, 3.8) is 0 Å². The smallest absolute Gasteiger partial charge is 0.251 e. The number of nitrogens with one attached hydrogen (secondary N) is 1. The molecule has 0 aliphatic heterocycles. The Bertz CT molecular complexity index is 684. The Hall–Kier alpha value is -2.56. The van der Waals surface area contributed by atoms with Gasteiger partial charge in [0.15, 0.2) is 0 Å². The van der Waals surface area contributed by atoms with Crippen LogP contribution in [0, 0.1) is 0 Å². The molecule has 0 fully saturated rings. The number of hydrogen-bond donors (Lipinski definition) is 1. The van der Waals surface area contributed by atoms with Gasteiger partial charge in [-0.3, -0.25) is 4.79 Å². The zero-order chi connectivity index (χ0) is 13.1. The van der Waals surface area contributed by atoms with E-state index in [1.165, 1.54) is 0 Å². The van der Waals surface area contributed by atoms with Crippen LogP contribution in [0.1, 0.15) is 10.4 Å². The van der Waals surface area contributed by atoms with Crippen LogP contribution in [0.3, 0.4) is 0 Å². The van der Waals surface area contributed by atoms with E-state index in [0.717, 1.165) is 12.2 Å². The highest BCUT2D eigenvalue weighted by Gasteiger charge is 2.04. The van der Waals surface area contributed by atoms with Gasteiger partial charge in [-0.2, -0.15) is 5.10 Å². The van der Waals surface area contributed by atoms with Gasteiger partial charge in [-0.25, -0.2) is 4.52 Å². The molecule has 0 aliphatic rings. The summed E-state index contributed by atoms with van der Waals surface area (Å²) in [4.78, 5) is 11.8. The van der Waals surface area contributed by atoms with Gasteiger partial charge in [0.25, 0.3) is 5.91 Å². The van der Waals surface area contributed by atoms with Gasteiger partial charge in [0.1, 0.15) is 5.65 Å². The number of imidazole rings is 1. The monoisotopic (exact) mass is 254 g/mol. The van der Waals surface area contributed by atoms with Crippen molar-refractivity contribution in [1.82, 2.24) is 19.5 Å². The minimum atomic E-state index is -0.0442. The molecule has 0 spiro atoms. The second kappa shape index (κ2) is 4.97. The van der Waals surface area contributed by atoms with E-state index in [2.05, 4.69) is 15.0 Å². The van der Waals surface area contributed by atoms with Crippen LogP contribution in [0.15, 0.2) is 55.0 Å². The molecule has 1 amide bonds. The topological polar surface area (TPSA) is 51.3 Å². The zero-order valence-electron chi connectivity index (χ0n) is 10.4. The Morgan fingerprint density at radius 1 is 1.16 bits per heavy atom. The van der Waals surface area contributed by atoms with Crippen LogP contribution in [0.2, 0.25) is 0 Å². The molecule has 0 aliphatic carbocycles. The fourth-order valence-electron chi connectivity index (χ4n) is 2.04. The van der Waals surface area contributed by atoms with E-state index in [4.69, 9.17) is 0 Å². The second-order valence-electron chi connectivity index (χ2n) is 4.25. The van der Waals surface area contributed by atoms with Crippen LogP contribution in [-0.2, 0) is 6.54 Å². The molecule has 5 nitrogen and oxygen atoms in total. The number of aromatic nitrogens is 3. The number of rotatable bonds is 4. The Labute approximate surface area is 110 Å². The summed E-state index contributed by atoms with van der Waals surface area (Å²) in [5.74, 6) is -0.0442. The fourth-order valence-corrected chi connectivity index (χ4v) is 2.04. The fraction of sp³-hybridized carbons (Fsp3) is 0.143. The van der Waals surface area contributed by atoms with Gasteiger partial charge in [-0.1, -0.05) is 18.2 Å². The minimum absolute atomic E-state index is 0.0442. The van der Waals surface area contributed by atoms with E-state index < -0.39 is 0 Å². The van der Waals surface area contributed by atoms with Gasteiger partial charge < -0.3 is 9.88 Å². The van der Waals surface area contributed by atoms with E-state index in [1.54, 1.807) is 22.8 Å². The van der Waals surface area contributed by atoms with E-state index in [9.17, 15) is 4.79 Å². The molecule has 19 heavy (non-hydrogen) atoms. The van der Waals surface area contributed by atoms with Gasteiger partial charge in [-0.15, -0.1) is 0 Å². The summed E-state index contributed by atoms with van der Waals surface area (Å²) in [7, 11) is 0. The maximum Gasteiger partial charge on any atom is 0.251 e. The molecule has 2 aromatic heterocycles. The van der Waals surface area contributed by atoms with Crippen LogP contribution >= 0.6 is 0 Å². The standard InChI is InChI=1S/C14H14N4O/c19-14(12-4-2-1-3-5-12)15-8-9-17-10-11-18-13(17)6-7-16-18/h1-7,10-11H,8-9H2,(H,15,19). The van der Waals surface area contributed by atoms with Crippen LogP contribution in [0.25, 0.3) is 5.65 Å². The highest BCUT2D eigenvalue weighted by atomic mass is 16.1. The number of carbonyl (C=O) groups excluding carboxylic acids is 1.